The zero-order valence-corrected chi connectivity index (χ0v) is 10.4. The van der Waals surface area contributed by atoms with Crippen molar-refractivity contribution in [1.29, 1.82) is 0 Å². The zero-order valence-electron chi connectivity index (χ0n) is 10.4. The van der Waals surface area contributed by atoms with Gasteiger partial charge in [0.25, 0.3) is 17.2 Å². The number of pyridine rings is 1. The summed E-state index contributed by atoms with van der Waals surface area (Å²) in [6.45, 7) is 0.127. The molecule has 0 unspecified atom stereocenters. The van der Waals surface area contributed by atoms with Gasteiger partial charge in [-0.1, -0.05) is 30.3 Å². The lowest BCUT2D eigenvalue weighted by atomic mass is 10.2. The highest BCUT2D eigenvalue weighted by molar-refractivity contribution is 5.92. The second-order valence-electron chi connectivity index (χ2n) is 4.15. The lowest BCUT2D eigenvalue weighted by molar-refractivity contribution is -0.385. The van der Waals surface area contributed by atoms with E-state index in [1.807, 2.05) is 6.07 Å². The van der Waals surface area contributed by atoms with Crippen molar-refractivity contribution in [2.75, 3.05) is 0 Å². The largest absolute Gasteiger partial charge is 0.365 e. The van der Waals surface area contributed by atoms with Crippen molar-refractivity contribution < 1.29 is 9.72 Å². The summed E-state index contributed by atoms with van der Waals surface area (Å²) in [5.41, 5.74) is 4.46. The summed E-state index contributed by atoms with van der Waals surface area (Å²) in [6, 6.07) is 9.82. The number of benzene rings is 1. The van der Waals surface area contributed by atoms with Gasteiger partial charge in [0.2, 0.25) is 0 Å². The van der Waals surface area contributed by atoms with Crippen molar-refractivity contribution in [2.24, 2.45) is 5.73 Å². The molecule has 7 heteroatoms. The van der Waals surface area contributed by atoms with Gasteiger partial charge in [0, 0.05) is 6.07 Å². The van der Waals surface area contributed by atoms with Crippen LogP contribution in [0.25, 0.3) is 0 Å². The van der Waals surface area contributed by atoms with E-state index in [-0.39, 0.29) is 12.2 Å². The van der Waals surface area contributed by atoms with Gasteiger partial charge in [-0.2, -0.15) is 0 Å². The molecule has 1 aromatic heterocycles. The number of hydrogen-bond acceptors (Lipinski definition) is 4. The second kappa shape index (κ2) is 5.35. The molecule has 2 N–H and O–H groups in total. The molecule has 0 atom stereocenters. The Balaban J connectivity index is 2.54. The van der Waals surface area contributed by atoms with Crippen molar-refractivity contribution in [3.63, 3.8) is 0 Å². The Kier molecular flexibility index (Phi) is 3.60. The quantitative estimate of drug-likeness (QED) is 0.659. The van der Waals surface area contributed by atoms with Gasteiger partial charge in [0.05, 0.1) is 17.7 Å². The highest BCUT2D eigenvalue weighted by Gasteiger charge is 2.17. The summed E-state index contributed by atoms with van der Waals surface area (Å²) < 4.78 is 1.10. The average Bonchev–Trinajstić information content (AvgIpc) is 2.41. The topological polar surface area (TPSA) is 108 Å². The van der Waals surface area contributed by atoms with Crippen molar-refractivity contribution >= 4 is 11.6 Å². The Hall–Kier alpha value is -2.96. The first-order valence-electron chi connectivity index (χ1n) is 5.71. The van der Waals surface area contributed by atoms with E-state index in [0.717, 1.165) is 22.4 Å². The van der Waals surface area contributed by atoms with Gasteiger partial charge in [-0.25, -0.2) is 0 Å². The standard InChI is InChI=1S/C13H11N3O4/c14-12(17)11-6-10(16(19)20)8-15(13(11)18)7-9-4-2-1-3-5-9/h1-6,8H,7H2,(H2,14,17). The summed E-state index contributed by atoms with van der Waals surface area (Å²) in [5.74, 6) is -0.986. The van der Waals surface area contributed by atoms with Crippen LogP contribution in [0.5, 0.6) is 0 Å². The molecule has 7 nitrogen and oxygen atoms in total. The van der Waals surface area contributed by atoms with Crippen LogP contribution in [-0.2, 0) is 6.54 Å². The number of carbonyl (C=O) groups is 1. The van der Waals surface area contributed by atoms with Crippen LogP contribution in [0, 0.1) is 10.1 Å². The minimum absolute atomic E-state index is 0.127. The molecular weight excluding hydrogens is 262 g/mol. The number of carbonyl (C=O) groups excluding carboxylic acids is 1. The van der Waals surface area contributed by atoms with Crippen molar-refractivity contribution in [1.82, 2.24) is 4.57 Å². The molecule has 0 aliphatic heterocycles. The highest BCUT2D eigenvalue weighted by Crippen LogP contribution is 2.11. The summed E-state index contributed by atoms with van der Waals surface area (Å²) in [6.07, 6.45) is 1.10. The van der Waals surface area contributed by atoms with Crippen LogP contribution in [0.2, 0.25) is 0 Å². The third-order valence-electron chi connectivity index (χ3n) is 2.74. The molecule has 0 aliphatic carbocycles. The predicted octanol–water partition coefficient (Wildman–Crippen LogP) is 0.904. The van der Waals surface area contributed by atoms with Crippen molar-refractivity contribution in [3.05, 3.63) is 74.2 Å². The third kappa shape index (κ3) is 2.72. The number of nitrogens with zero attached hydrogens (tertiary/aromatic N) is 2. The predicted molar refractivity (Wildman–Crippen MR) is 71.4 cm³/mol. The normalized spacial score (nSPS) is 10.2. The highest BCUT2D eigenvalue weighted by atomic mass is 16.6. The van der Waals surface area contributed by atoms with Gasteiger partial charge in [-0.05, 0) is 5.56 Å². The Morgan fingerprint density at radius 2 is 1.95 bits per heavy atom. The second-order valence-corrected chi connectivity index (χ2v) is 4.15. The molecule has 0 aliphatic rings. The Morgan fingerprint density at radius 1 is 1.30 bits per heavy atom. The number of primary amides is 1. The van der Waals surface area contributed by atoms with E-state index in [9.17, 15) is 19.7 Å². The van der Waals surface area contributed by atoms with Gasteiger partial charge >= 0.3 is 0 Å². The molecule has 2 rings (SSSR count). The molecule has 1 heterocycles. The monoisotopic (exact) mass is 273 g/mol. The number of nitrogens with two attached hydrogens (primary N) is 1. The van der Waals surface area contributed by atoms with Crippen molar-refractivity contribution in [3.8, 4) is 0 Å². The first kappa shape index (κ1) is 13.5. The van der Waals surface area contributed by atoms with Crippen LogP contribution in [-0.4, -0.2) is 15.4 Å². The smallest absolute Gasteiger partial charge is 0.286 e. The van der Waals surface area contributed by atoms with E-state index in [1.165, 1.54) is 0 Å². The summed E-state index contributed by atoms with van der Waals surface area (Å²) in [4.78, 5) is 33.4. The van der Waals surface area contributed by atoms with Gasteiger partial charge < -0.3 is 10.3 Å². The number of aromatic nitrogens is 1. The number of amides is 1. The molecule has 20 heavy (non-hydrogen) atoms. The maximum Gasteiger partial charge on any atom is 0.286 e. The summed E-state index contributed by atoms with van der Waals surface area (Å²) in [5, 5.41) is 10.8. The fourth-order valence-corrected chi connectivity index (χ4v) is 1.79. The van der Waals surface area contributed by atoms with Crippen LogP contribution < -0.4 is 11.3 Å². The molecule has 1 aromatic carbocycles. The van der Waals surface area contributed by atoms with Gasteiger partial charge in [0.15, 0.2) is 0 Å². The van der Waals surface area contributed by atoms with Crippen LogP contribution in [0.1, 0.15) is 15.9 Å². The minimum atomic E-state index is -0.986. The molecule has 0 saturated carbocycles. The summed E-state index contributed by atoms with van der Waals surface area (Å²) in [7, 11) is 0. The molecule has 1 amide bonds. The first-order valence-corrected chi connectivity index (χ1v) is 5.71. The fraction of sp³-hybridized carbons (Fsp3) is 0.0769. The maximum absolute atomic E-state index is 12.0. The summed E-state index contributed by atoms with van der Waals surface area (Å²) >= 11 is 0. The lowest BCUT2D eigenvalue weighted by Crippen LogP contribution is -2.30. The molecule has 0 radical (unpaired) electrons. The Bertz CT molecular complexity index is 722. The number of nitro groups is 1. The number of rotatable bonds is 4. The SMILES string of the molecule is NC(=O)c1cc([N+](=O)[O-])cn(Cc2ccccc2)c1=O. The van der Waals surface area contributed by atoms with Gasteiger partial charge in [-0.15, -0.1) is 0 Å². The molecule has 2 aromatic rings. The van der Waals surface area contributed by atoms with Crippen LogP contribution in [0.4, 0.5) is 5.69 Å². The van der Waals surface area contributed by atoms with Crippen LogP contribution in [0.3, 0.4) is 0 Å². The third-order valence-corrected chi connectivity index (χ3v) is 2.74. The van der Waals surface area contributed by atoms with Gasteiger partial charge in [-0.3, -0.25) is 19.7 Å². The first-order chi connectivity index (χ1) is 9.49. The Morgan fingerprint density at radius 3 is 2.50 bits per heavy atom. The minimum Gasteiger partial charge on any atom is -0.365 e. The zero-order chi connectivity index (χ0) is 14.7. The van der Waals surface area contributed by atoms with E-state index < -0.39 is 22.0 Å². The number of hydrogen-bond donors (Lipinski definition) is 1. The van der Waals surface area contributed by atoms with Crippen molar-refractivity contribution in [2.45, 2.75) is 6.54 Å². The van der Waals surface area contributed by atoms with E-state index in [0.29, 0.717) is 0 Å². The molecule has 0 saturated heterocycles. The maximum atomic E-state index is 12.0. The molecule has 102 valence electrons. The fourth-order valence-electron chi connectivity index (χ4n) is 1.79. The van der Waals surface area contributed by atoms with E-state index in [4.69, 9.17) is 5.73 Å². The molecule has 0 fully saturated rings. The molecule has 0 bridgehead atoms. The van der Waals surface area contributed by atoms with E-state index in [2.05, 4.69) is 0 Å². The van der Waals surface area contributed by atoms with Crippen LogP contribution >= 0.6 is 0 Å². The molecule has 0 spiro atoms. The lowest BCUT2D eigenvalue weighted by Gasteiger charge is -2.07. The molecular formula is C13H11N3O4. The Labute approximate surface area is 113 Å². The average molecular weight is 273 g/mol. The van der Waals surface area contributed by atoms with Gasteiger partial charge in [0.1, 0.15) is 5.56 Å². The van der Waals surface area contributed by atoms with E-state index >= 15 is 0 Å². The van der Waals surface area contributed by atoms with Crippen LogP contribution in [0.15, 0.2) is 47.4 Å². The van der Waals surface area contributed by atoms with E-state index in [1.54, 1.807) is 24.3 Å².